The first kappa shape index (κ1) is 21.8. The number of amides is 1. The van der Waals surface area contributed by atoms with Crippen LogP contribution in [0.15, 0.2) is 6.20 Å². The lowest BCUT2D eigenvalue weighted by atomic mass is 9.90. The third-order valence-electron chi connectivity index (χ3n) is 7.40. The molecule has 1 saturated heterocycles. The number of hydrogen-bond donors (Lipinski definition) is 1. The van der Waals surface area contributed by atoms with E-state index in [1.54, 1.807) is 11.1 Å². The van der Waals surface area contributed by atoms with Crippen LogP contribution in [0.3, 0.4) is 0 Å². The highest BCUT2D eigenvalue weighted by molar-refractivity contribution is 6.04. The minimum Gasteiger partial charge on any atom is -0.351 e. The largest absolute Gasteiger partial charge is 0.351 e. The summed E-state index contributed by atoms with van der Waals surface area (Å²) in [6.07, 6.45) is 9.41. The molecule has 3 heterocycles. The van der Waals surface area contributed by atoms with Gasteiger partial charge in [-0.2, -0.15) is 10.2 Å². The first-order valence-corrected chi connectivity index (χ1v) is 11.8. The molecule has 168 valence electrons. The Balaban J connectivity index is 1.53. The molecule has 31 heavy (non-hydrogen) atoms. The summed E-state index contributed by atoms with van der Waals surface area (Å²) < 4.78 is 0. The smallest absolute Gasteiger partial charge is 0.249 e. The molecule has 1 N–H and O–H groups in total. The zero-order valence-electron chi connectivity index (χ0n) is 19.0. The molecule has 8 heteroatoms. The van der Waals surface area contributed by atoms with Crippen LogP contribution in [0.25, 0.3) is 0 Å². The van der Waals surface area contributed by atoms with Crippen molar-refractivity contribution in [1.29, 1.82) is 5.26 Å². The highest BCUT2D eigenvalue weighted by atomic mass is 16.2. The van der Waals surface area contributed by atoms with Crippen LogP contribution in [-0.2, 0) is 4.79 Å². The fourth-order valence-electron chi connectivity index (χ4n) is 5.49. The van der Waals surface area contributed by atoms with Gasteiger partial charge in [0.05, 0.1) is 18.8 Å². The monoisotopic (exact) mass is 425 g/mol. The van der Waals surface area contributed by atoms with E-state index in [2.05, 4.69) is 40.0 Å². The average molecular weight is 426 g/mol. The van der Waals surface area contributed by atoms with Crippen LogP contribution in [0.2, 0.25) is 0 Å². The van der Waals surface area contributed by atoms with E-state index < -0.39 is 0 Å². The molecule has 1 aromatic rings. The van der Waals surface area contributed by atoms with E-state index in [1.807, 2.05) is 7.05 Å². The SMILES string of the molecule is CC[C@@H]1C(=O)N(C)c2cnc(N[C@H](C)C3CCN(CC#N)CC3)nc2N1C1CCCC1. The zero-order valence-corrected chi connectivity index (χ0v) is 19.0. The summed E-state index contributed by atoms with van der Waals surface area (Å²) >= 11 is 0. The highest BCUT2D eigenvalue weighted by Crippen LogP contribution is 2.40. The number of likely N-dealkylation sites (tertiary alicyclic amines) is 1. The van der Waals surface area contributed by atoms with Gasteiger partial charge in [0.2, 0.25) is 11.9 Å². The number of rotatable bonds is 6. The summed E-state index contributed by atoms with van der Waals surface area (Å²) in [7, 11) is 1.84. The van der Waals surface area contributed by atoms with Gasteiger partial charge in [0.25, 0.3) is 0 Å². The zero-order chi connectivity index (χ0) is 22.0. The van der Waals surface area contributed by atoms with Crippen LogP contribution in [0, 0.1) is 17.2 Å². The van der Waals surface area contributed by atoms with Crippen molar-refractivity contribution in [1.82, 2.24) is 14.9 Å². The summed E-state index contributed by atoms with van der Waals surface area (Å²) in [5, 5.41) is 12.5. The second-order valence-electron chi connectivity index (χ2n) is 9.27. The molecule has 0 unspecified atom stereocenters. The maximum absolute atomic E-state index is 13.0. The molecule has 2 fully saturated rings. The Hall–Kier alpha value is -2.40. The summed E-state index contributed by atoms with van der Waals surface area (Å²) in [6, 6.07) is 2.74. The Morgan fingerprint density at radius 3 is 2.61 bits per heavy atom. The molecular weight excluding hydrogens is 390 g/mol. The number of carbonyl (C=O) groups excluding carboxylic acids is 1. The normalized spacial score (nSPS) is 24.2. The number of piperidine rings is 1. The Labute approximate surface area is 185 Å². The number of carbonyl (C=O) groups is 1. The third-order valence-corrected chi connectivity index (χ3v) is 7.40. The van der Waals surface area contributed by atoms with Gasteiger partial charge in [-0.1, -0.05) is 19.8 Å². The maximum Gasteiger partial charge on any atom is 0.249 e. The average Bonchev–Trinajstić information content (AvgIpc) is 3.31. The standard InChI is InChI=1S/C23H35N7O/c1-4-19-22(31)28(3)20-15-25-23(27-21(20)30(19)18-7-5-6-8-18)26-16(2)17-9-12-29(13-10-17)14-11-24/h15-19H,4-10,12-14H2,1-3H3,(H,25,26,27)/t16-,19-/m1/s1. The van der Waals surface area contributed by atoms with E-state index >= 15 is 0 Å². The lowest BCUT2D eigenvalue weighted by Gasteiger charge is -2.43. The molecule has 2 aliphatic heterocycles. The fraction of sp³-hybridized carbons (Fsp3) is 0.739. The number of nitrogens with one attached hydrogen (secondary N) is 1. The molecule has 1 amide bonds. The number of fused-ring (bicyclic) bond motifs is 1. The van der Waals surface area contributed by atoms with Gasteiger partial charge in [-0.3, -0.25) is 9.69 Å². The predicted molar refractivity (Wildman–Crippen MR) is 122 cm³/mol. The molecule has 2 atom stereocenters. The van der Waals surface area contributed by atoms with Gasteiger partial charge in [0.1, 0.15) is 11.7 Å². The van der Waals surface area contributed by atoms with Gasteiger partial charge in [0, 0.05) is 19.1 Å². The number of hydrogen-bond acceptors (Lipinski definition) is 7. The van der Waals surface area contributed by atoms with Crippen molar-refractivity contribution in [3.8, 4) is 6.07 Å². The number of anilines is 3. The molecule has 8 nitrogen and oxygen atoms in total. The van der Waals surface area contributed by atoms with E-state index in [0.717, 1.165) is 56.7 Å². The number of nitrogens with zero attached hydrogens (tertiary/aromatic N) is 6. The molecule has 0 bridgehead atoms. The van der Waals surface area contributed by atoms with E-state index in [4.69, 9.17) is 10.2 Å². The summed E-state index contributed by atoms with van der Waals surface area (Å²) in [4.78, 5) is 28.8. The summed E-state index contributed by atoms with van der Waals surface area (Å²) in [5.41, 5.74) is 0.810. The highest BCUT2D eigenvalue weighted by Gasteiger charge is 2.41. The van der Waals surface area contributed by atoms with E-state index in [-0.39, 0.29) is 18.0 Å². The van der Waals surface area contributed by atoms with Crippen LogP contribution >= 0.6 is 0 Å². The van der Waals surface area contributed by atoms with Gasteiger partial charge in [-0.05, 0) is 58.0 Å². The van der Waals surface area contributed by atoms with Gasteiger partial charge < -0.3 is 15.1 Å². The van der Waals surface area contributed by atoms with Gasteiger partial charge >= 0.3 is 0 Å². The lowest BCUT2D eigenvalue weighted by molar-refractivity contribution is -0.120. The third kappa shape index (κ3) is 4.33. The van der Waals surface area contributed by atoms with Crippen LogP contribution in [0.5, 0.6) is 0 Å². The molecule has 0 aromatic carbocycles. The van der Waals surface area contributed by atoms with Crippen molar-refractivity contribution in [3.05, 3.63) is 6.20 Å². The Bertz CT molecular complexity index is 824. The van der Waals surface area contributed by atoms with Crippen LogP contribution in [-0.4, -0.2) is 65.6 Å². The Morgan fingerprint density at radius 2 is 1.97 bits per heavy atom. The van der Waals surface area contributed by atoms with Crippen LogP contribution < -0.4 is 15.1 Å². The first-order valence-electron chi connectivity index (χ1n) is 11.8. The molecular formula is C23H35N7O. The molecule has 3 aliphatic rings. The van der Waals surface area contributed by atoms with Crippen molar-refractivity contribution >= 4 is 23.4 Å². The second kappa shape index (κ2) is 9.39. The minimum atomic E-state index is -0.148. The van der Waals surface area contributed by atoms with E-state index in [1.165, 1.54) is 12.8 Å². The fourth-order valence-corrected chi connectivity index (χ4v) is 5.49. The predicted octanol–water partition coefficient (Wildman–Crippen LogP) is 3.02. The van der Waals surface area contributed by atoms with Gasteiger partial charge in [-0.25, -0.2) is 4.98 Å². The van der Waals surface area contributed by atoms with Crippen molar-refractivity contribution in [2.24, 2.45) is 5.92 Å². The molecule has 1 aromatic heterocycles. The van der Waals surface area contributed by atoms with Crippen molar-refractivity contribution in [3.63, 3.8) is 0 Å². The van der Waals surface area contributed by atoms with Crippen molar-refractivity contribution < 1.29 is 4.79 Å². The van der Waals surface area contributed by atoms with Crippen LogP contribution in [0.1, 0.15) is 58.8 Å². The van der Waals surface area contributed by atoms with Gasteiger partial charge in [-0.15, -0.1) is 0 Å². The number of likely N-dealkylation sites (N-methyl/N-ethyl adjacent to an activating group) is 1. The Morgan fingerprint density at radius 1 is 1.26 bits per heavy atom. The quantitative estimate of drug-likeness (QED) is 0.701. The molecule has 4 rings (SSSR count). The summed E-state index contributed by atoms with van der Waals surface area (Å²) in [6.45, 7) is 6.74. The second-order valence-corrected chi connectivity index (χ2v) is 9.27. The molecule has 0 radical (unpaired) electrons. The molecule has 1 aliphatic carbocycles. The van der Waals surface area contributed by atoms with Gasteiger partial charge in [0.15, 0.2) is 5.82 Å². The van der Waals surface area contributed by atoms with Crippen molar-refractivity contribution in [2.75, 3.05) is 41.8 Å². The summed E-state index contributed by atoms with van der Waals surface area (Å²) in [5.74, 6) is 2.22. The Kier molecular flexibility index (Phi) is 6.61. The molecule has 0 spiro atoms. The first-order chi connectivity index (χ1) is 15.0. The van der Waals surface area contributed by atoms with Crippen LogP contribution in [0.4, 0.5) is 17.5 Å². The minimum absolute atomic E-state index is 0.142. The van der Waals surface area contributed by atoms with Crippen molar-refractivity contribution in [2.45, 2.75) is 76.9 Å². The lowest BCUT2D eigenvalue weighted by Crippen LogP contribution is -2.55. The van der Waals surface area contributed by atoms with E-state index in [0.29, 0.717) is 24.5 Å². The molecule has 1 saturated carbocycles. The number of nitriles is 1. The van der Waals surface area contributed by atoms with E-state index in [9.17, 15) is 4.79 Å². The topological polar surface area (TPSA) is 88.4 Å². The maximum atomic E-state index is 13.0. The number of aromatic nitrogens is 2.